The number of halogens is 1. The Morgan fingerprint density at radius 3 is 2.90 bits per heavy atom. The molecule has 20 heavy (non-hydrogen) atoms. The molecule has 0 unspecified atom stereocenters. The number of rotatable bonds is 3. The molecule has 0 N–H and O–H groups in total. The maximum atomic E-state index is 4.81. The molecule has 2 nitrogen and oxygen atoms in total. The highest BCUT2D eigenvalue weighted by Crippen LogP contribution is 2.31. The molecule has 3 aromatic rings. The number of aromatic nitrogens is 2. The summed E-state index contributed by atoms with van der Waals surface area (Å²) in [5.41, 5.74) is 3.53. The van der Waals surface area contributed by atoms with Gasteiger partial charge in [-0.05, 0) is 40.5 Å². The maximum Gasteiger partial charge on any atom is 0.183 e. The van der Waals surface area contributed by atoms with Gasteiger partial charge in [-0.1, -0.05) is 19.1 Å². The molecule has 2 heterocycles. The Morgan fingerprint density at radius 2 is 2.15 bits per heavy atom. The molecule has 2 aromatic heterocycles. The van der Waals surface area contributed by atoms with E-state index in [1.54, 1.807) is 11.3 Å². The van der Waals surface area contributed by atoms with Crippen LogP contribution in [-0.2, 0) is 6.54 Å². The summed E-state index contributed by atoms with van der Waals surface area (Å²) < 4.78 is 4.57. The minimum absolute atomic E-state index is 1.02. The third-order valence-electron chi connectivity index (χ3n) is 3.24. The predicted molar refractivity (Wildman–Crippen MR) is 88.0 cm³/mol. The van der Waals surface area contributed by atoms with Gasteiger partial charge in [0, 0.05) is 6.42 Å². The number of hydrogen-bond donors (Lipinski definition) is 0. The third kappa shape index (κ3) is 2.63. The number of benzene rings is 1. The highest BCUT2D eigenvalue weighted by atomic mass is 79.9. The average Bonchev–Trinajstić information content (AvgIpc) is 2.84. The summed E-state index contributed by atoms with van der Waals surface area (Å²) in [6, 6.07) is 8.49. The van der Waals surface area contributed by atoms with Gasteiger partial charge in [0.25, 0.3) is 0 Å². The van der Waals surface area contributed by atoms with Crippen LogP contribution in [0.25, 0.3) is 20.8 Å². The van der Waals surface area contributed by atoms with Gasteiger partial charge in [0.2, 0.25) is 0 Å². The zero-order valence-electron chi connectivity index (χ0n) is 11.6. The minimum Gasteiger partial charge on any atom is -0.236 e. The van der Waals surface area contributed by atoms with Crippen LogP contribution in [0.4, 0.5) is 0 Å². The van der Waals surface area contributed by atoms with E-state index in [9.17, 15) is 0 Å². The second-order valence-electron chi connectivity index (χ2n) is 4.92. The number of nitrogens with zero attached hydrogens (tertiary/aromatic N) is 2. The molecular weight excluding hydrogens is 332 g/mol. The van der Waals surface area contributed by atoms with E-state index in [0.717, 1.165) is 28.0 Å². The first-order valence-electron chi connectivity index (χ1n) is 6.73. The van der Waals surface area contributed by atoms with Crippen molar-refractivity contribution < 1.29 is 4.57 Å². The van der Waals surface area contributed by atoms with Gasteiger partial charge in [-0.3, -0.25) is 0 Å². The lowest BCUT2D eigenvalue weighted by Gasteiger charge is -1.98. The molecule has 0 aliphatic heterocycles. The fraction of sp³-hybridized carbons (Fsp3) is 0.250. The molecule has 0 atom stereocenters. The Hall–Kier alpha value is -1.26. The van der Waals surface area contributed by atoms with Gasteiger partial charge in [0.1, 0.15) is 11.6 Å². The second-order valence-corrected chi connectivity index (χ2v) is 6.87. The second kappa shape index (κ2) is 5.62. The van der Waals surface area contributed by atoms with Gasteiger partial charge in [-0.2, -0.15) is 0 Å². The van der Waals surface area contributed by atoms with Crippen molar-refractivity contribution >= 4 is 37.5 Å². The van der Waals surface area contributed by atoms with Crippen LogP contribution in [0.5, 0.6) is 0 Å². The molecule has 1 aromatic carbocycles. The van der Waals surface area contributed by atoms with E-state index < -0.39 is 0 Å². The fourth-order valence-corrected chi connectivity index (χ4v) is 3.85. The van der Waals surface area contributed by atoms with Gasteiger partial charge in [0.15, 0.2) is 12.4 Å². The Bertz CT molecular complexity index is 764. The number of aryl methyl sites for hydroxylation is 2. The van der Waals surface area contributed by atoms with Crippen molar-refractivity contribution in [3.05, 3.63) is 46.7 Å². The number of fused-ring (bicyclic) bond motifs is 1. The first kappa shape index (κ1) is 13.7. The van der Waals surface area contributed by atoms with Gasteiger partial charge in [-0.25, -0.2) is 9.55 Å². The lowest BCUT2D eigenvalue weighted by atomic mass is 10.2. The molecule has 0 aliphatic carbocycles. The van der Waals surface area contributed by atoms with Crippen LogP contribution >= 0.6 is 27.3 Å². The Morgan fingerprint density at radius 1 is 1.30 bits per heavy atom. The molecule has 0 amide bonds. The van der Waals surface area contributed by atoms with Crippen molar-refractivity contribution in [2.75, 3.05) is 0 Å². The van der Waals surface area contributed by atoms with E-state index >= 15 is 0 Å². The van der Waals surface area contributed by atoms with Gasteiger partial charge in [-0.15, -0.1) is 11.3 Å². The summed E-state index contributed by atoms with van der Waals surface area (Å²) >= 11 is 5.35. The van der Waals surface area contributed by atoms with Gasteiger partial charge >= 0.3 is 0 Å². The normalized spacial score (nSPS) is 11.2. The molecule has 0 spiro atoms. The van der Waals surface area contributed by atoms with Crippen molar-refractivity contribution in [3.63, 3.8) is 0 Å². The van der Waals surface area contributed by atoms with Crippen LogP contribution in [-0.4, -0.2) is 4.98 Å². The quantitative estimate of drug-likeness (QED) is 0.625. The molecule has 0 saturated heterocycles. The van der Waals surface area contributed by atoms with Crippen LogP contribution in [0, 0.1) is 6.92 Å². The largest absolute Gasteiger partial charge is 0.236 e. The van der Waals surface area contributed by atoms with Crippen LogP contribution in [0.15, 0.2) is 41.1 Å². The van der Waals surface area contributed by atoms with Crippen molar-refractivity contribution in [3.8, 4) is 10.6 Å². The SMILES string of the molecule is CCC[n+]1cc(Br)cc(-c2nc3c(C)cccc3s2)c1. The van der Waals surface area contributed by atoms with E-state index in [2.05, 4.69) is 71.0 Å². The first-order chi connectivity index (χ1) is 9.67. The van der Waals surface area contributed by atoms with Crippen molar-refractivity contribution in [1.82, 2.24) is 4.98 Å². The number of pyridine rings is 1. The van der Waals surface area contributed by atoms with Crippen LogP contribution in [0.2, 0.25) is 0 Å². The average molecular weight is 348 g/mol. The number of thiazole rings is 1. The first-order valence-corrected chi connectivity index (χ1v) is 8.34. The standard InChI is InChI=1S/C16H16BrN2S/c1-3-7-19-9-12(8-13(17)10-19)16-18-15-11(2)5-4-6-14(15)20-16/h4-6,8-10H,3,7H2,1-2H3/q+1. The summed E-state index contributed by atoms with van der Waals surface area (Å²) in [6.45, 7) is 5.33. The van der Waals surface area contributed by atoms with Crippen molar-refractivity contribution in [2.45, 2.75) is 26.8 Å². The molecule has 102 valence electrons. The smallest absolute Gasteiger partial charge is 0.183 e. The number of hydrogen-bond acceptors (Lipinski definition) is 2. The topological polar surface area (TPSA) is 16.8 Å². The van der Waals surface area contributed by atoms with Crippen molar-refractivity contribution in [1.29, 1.82) is 0 Å². The lowest BCUT2D eigenvalue weighted by molar-refractivity contribution is -0.697. The van der Waals surface area contributed by atoms with Crippen molar-refractivity contribution in [2.24, 2.45) is 0 Å². The molecule has 0 saturated carbocycles. The highest BCUT2D eigenvalue weighted by molar-refractivity contribution is 9.10. The van der Waals surface area contributed by atoms with E-state index in [1.807, 2.05) is 0 Å². The van der Waals surface area contributed by atoms with E-state index in [0.29, 0.717) is 0 Å². The van der Waals surface area contributed by atoms with Gasteiger partial charge < -0.3 is 0 Å². The summed E-state index contributed by atoms with van der Waals surface area (Å²) in [7, 11) is 0. The summed E-state index contributed by atoms with van der Waals surface area (Å²) in [5.74, 6) is 0. The predicted octanol–water partition coefficient (Wildman–Crippen LogP) is 4.73. The Balaban J connectivity index is 2.12. The van der Waals surface area contributed by atoms with Crippen LogP contribution < -0.4 is 4.57 Å². The molecule has 0 radical (unpaired) electrons. The molecule has 0 bridgehead atoms. The zero-order chi connectivity index (χ0) is 14.1. The fourth-order valence-electron chi connectivity index (χ4n) is 2.31. The summed E-state index contributed by atoms with van der Waals surface area (Å²) in [6.07, 6.45) is 5.42. The minimum atomic E-state index is 1.02. The molecular formula is C16H16BrN2S+. The van der Waals surface area contributed by atoms with E-state index in [4.69, 9.17) is 4.98 Å². The Kier molecular flexibility index (Phi) is 3.85. The number of para-hydroxylation sites is 1. The monoisotopic (exact) mass is 347 g/mol. The molecule has 3 rings (SSSR count). The molecule has 4 heteroatoms. The highest BCUT2D eigenvalue weighted by Gasteiger charge is 2.12. The molecule has 0 fully saturated rings. The summed E-state index contributed by atoms with van der Waals surface area (Å²) in [4.78, 5) is 4.81. The van der Waals surface area contributed by atoms with Gasteiger partial charge in [0.05, 0.1) is 20.3 Å². The zero-order valence-corrected chi connectivity index (χ0v) is 14.0. The van der Waals surface area contributed by atoms with Crippen LogP contribution in [0.1, 0.15) is 18.9 Å². The third-order valence-corrected chi connectivity index (χ3v) is 4.74. The van der Waals surface area contributed by atoms with Crippen LogP contribution in [0.3, 0.4) is 0 Å². The van der Waals surface area contributed by atoms with E-state index in [-0.39, 0.29) is 0 Å². The lowest BCUT2D eigenvalue weighted by Crippen LogP contribution is -2.32. The summed E-state index contributed by atoms with van der Waals surface area (Å²) in [5, 5.41) is 1.08. The maximum absolute atomic E-state index is 4.81. The molecule has 0 aliphatic rings. The Labute approximate surface area is 131 Å². The van der Waals surface area contributed by atoms with E-state index in [1.165, 1.54) is 15.8 Å².